The molecule has 0 N–H and O–H groups in total. The normalized spacial score (nSPS) is 18.7. The van der Waals surface area contributed by atoms with Crippen LogP contribution in [0.1, 0.15) is 24.0 Å². The van der Waals surface area contributed by atoms with Gasteiger partial charge in [-0.3, -0.25) is 0 Å². The summed E-state index contributed by atoms with van der Waals surface area (Å²) < 4.78 is 0. The average Bonchev–Trinajstić information content (AvgIpc) is 2.29. The molecule has 0 saturated carbocycles. The quantitative estimate of drug-likeness (QED) is 0.799. The van der Waals surface area contributed by atoms with E-state index in [1.54, 1.807) is 0 Å². The van der Waals surface area contributed by atoms with Crippen LogP contribution in [0.3, 0.4) is 0 Å². The van der Waals surface area contributed by atoms with Crippen molar-refractivity contribution in [2.24, 2.45) is 0 Å². The zero-order valence-corrected chi connectivity index (χ0v) is 11.5. The van der Waals surface area contributed by atoms with Crippen molar-refractivity contribution in [1.82, 2.24) is 0 Å². The Balaban J connectivity index is 2.29. The van der Waals surface area contributed by atoms with E-state index in [0.717, 1.165) is 12.2 Å². The van der Waals surface area contributed by atoms with Crippen molar-refractivity contribution in [3.63, 3.8) is 0 Å². The van der Waals surface area contributed by atoms with Gasteiger partial charge in [0, 0.05) is 30.2 Å². The number of rotatable bonds is 2. The molecule has 0 fully saturated rings. The summed E-state index contributed by atoms with van der Waals surface area (Å²) >= 11 is 1.94. The molecule has 2 rings (SSSR count). The first-order valence-electron chi connectivity index (χ1n) is 5.97. The predicted molar refractivity (Wildman–Crippen MR) is 73.7 cm³/mol. The van der Waals surface area contributed by atoms with Crippen LogP contribution in [-0.2, 0) is 0 Å². The Morgan fingerprint density at radius 1 is 1.47 bits per heavy atom. The minimum absolute atomic E-state index is 0.494. The Bertz CT molecular complexity index is 462. The lowest BCUT2D eigenvalue weighted by atomic mass is 10.1. The van der Waals surface area contributed by atoms with Gasteiger partial charge in [-0.1, -0.05) is 6.07 Å². The topological polar surface area (TPSA) is 27.0 Å². The fraction of sp³-hybridized carbons (Fsp3) is 0.500. The number of aryl methyl sites for hydroxylation is 2. The third-order valence-electron chi connectivity index (χ3n) is 3.34. The van der Waals surface area contributed by atoms with Crippen LogP contribution >= 0.6 is 11.8 Å². The van der Waals surface area contributed by atoms with Crippen molar-refractivity contribution in [2.75, 3.05) is 17.7 Å². The molecule has 1 unspecified atom stereocenters. The number of thioether (sulfide) groups is 1. The summed E-state index contributed by atoms with van der Waals surface area (Å²) in [6, 6.07) is 7.24. The summed E-state index contributed by atoms with van der Waals surface area (Å²) in [6.07, 6.45) is 1.61. The van der Waals surface area contributed by atoms with Gasteiger partial charge in [0.2, 0.25) is 0 Å². The van der Waals surface area contributed by atoms with Gasteiger partial charge in [-0.05, 0) is 37.5 Å². The summed E-state index contributed by atoms with van der Waals surface area (Å²) in [5.74, 6) is 1.09. The SMILES string of the molecule is Cc1cc(C)c2c(c1)N(C)C(CCC#N)CS2. The highest BCUT2D eigenvalue weighted by molar-refractivity contribution is 7.99. The number of nitrogens with zero attached hydrogens (tertiary/aromatic N) is 2. The molecule has 3 heteroatoms. The highest BCUT2D eigenvalue weighted by atomic mass is 32.2. The number of hydrogen-bond donors (Lipinski definition) is 0. The molecule has 1 aromatic rings. The first kappa shape index (κ1) is 12.3. The van der Waals surface area contributed by atoms with E-state index < -0.39 is 0 Å². The Hall–Kier alpha value is -1.14. The zero-order valence-electron chi connectivity index (χ0n) is 10.7. The molecule has 17 heavy (non-hydrogen) atoms. The van der Waals surface area contributed by atoms with E-state index in [4.69, 9.17) is 5.26 Å². The summed E-state index contributed by atoms with van der Waals surface area (Å²) in [7, 11) is 2.15. The second-order valence-electron chi connectivity index (χ2n) is 4.70. The molecule has 0 saturated heterocycles. The van der Waals surface area contributed by atoms with E-state index in [1.165, 1.54) is 21.7 Å². The molecular weight excluding hydrogens is 228 g/mol. The fourth-order valence-electron chi connectivity index (χ4n) is 2.38. The molecule has 0 amide bonds. The second-order valence-corrected chi connectivity index (χ2v) is 5.73. The molecular formula is C14H18N2S. The fourth-order valence-corrected chi connectivity index (χ4v) is 3.76. The summed E-state index contributed by atoms with van der Waals surface area (Å²) in [5.41, 5.74) is 4.02. The van der Waals surface area contributed by atoms with E-state index >= 15 is 0 Å². The van der Waals surface area contributed by atoms with E-state index in [1.807, 2.05) is 11.8 Å². The van der Waals surface area contributed by atoms with Crippen molar-refractivity contribution in [3.05, 3.63) is 23.3 Å². The maximum Gasteiger partial charge on any atom is 0.0622 e. The molecule has 1 atom stereocenters. The van der Waals surface area contributed by atoms with Gasteiger partial charge in [0.15, 0.2) is 0 Å². The van der Waals surface area contributed by atoms with Crippen LogP contribution < -0.4 is 4.90 Å². The van der Waals surface area contributed by atoms with Crippen molar-refractivity contribution in [3.8, 4) is 6.07 Å². The molecule has 1 aromatic carbocycles. The summed E-state index contributed by atoms with van der Waals surface area (Å²) in [5, 5.41) is 8.69. The van der Waals surface area contributed by atoms with E-state index in [2.05, 4.69) is 44.0 Å². The van der Waals surface area contributed by atoms with Gasteiger partial charge in [-0.25, -0.2) is 0 Å². The molecule has 0 radical (unpaired) electrons. The molecule has 90 valence electrons. The first-order chi connectivity index (χ1) is 8.13. The maximum absolute atomic E-state index is 8.69. The summed E-state index contributed by atoms with van der Waals surface area (Å²) in [4.78, 5) is 3.76. The van der Waals surface area contributed by atoms with Crippen molar-refractivity contribution < 1.29 is 0 Å². The van der Waals surface area contributed by atoms with E-state index in [9.17, 15) is 0 Å². The van der Waals surface area contributed by atoms with E-state index in [-0.39, 0.29) is 0 Å². The summed E-state index contributed by atoms with van der Waals surface area (Å²) in [6.45, 7) is 4.33. The van der Waals surface area contributed by atoms with Crippen LogP contribution in [0.5, 0.6) is 0 Å². The number of nitriles is 1. The molecule has 1 heterocycles. The van der Waals surface area contributed by atoms with Crippen LogP contribution in [0.25, 0.3) is 0 Å². The molecule has 0 aromatic heterocycles. The molecule has 1 aliphatic heterocycles. The largest absolute Gasteiger partial charge is 0.370 e. The predicted octanol–water partition coefficient (Wildman–Crippen LogP) is 3.52. The molecule has 0 spiro atoms. The van der Waals surface area contributed by atoms with E-state index in [0.29, 0.717) is 12.5 Å². The second kappa shape index (κ2) is 5.01. The van der Waals surface area contributed by atoms with Gasteiger partial charge in [-0.2, -0.15) is 5.26 Å². The standard InChI is InChI=1S/C14H18N2S/c1-10-7-11(2)14-13(8-10)16(3)12(9-17-14)5-4-6-15/h7-8,12H,4-5,9H2,1-3H3. The maximum atomic E-state index is 8.69. The van der Waals surface area contributed by atoms with Gasteiger partial charge >= 0.3 is 0 Å². The highest BCUT2D eigenvalue weighted by Crippen LogP contribution is 2.40. The van der Waals surface area contributed by atoms with Crippen LogP contribution in [-0.4, -0.2) is 18.8 Å². The molecule has 0 bridgehead atoms. The van der Waals surface area contributed by atoms with Crippen molar-refractivity contribution in [2.45, 2.75) is 37.6 Å². The van der Waals surface area contributed by atoms with Crippen LogP contribution in [0.4, 0.5) is 5.69 Å². The van der Waals surface area contributed by atoms with Crippen LogP contribution in [0.15, 0.2) is 17.0 Å². The number of benzene rings is 1. The lowest BCUT2D eigenvalue weighted by Gasteiger charge is -2.36. The number of anilines is 1. The molecule has 2 nitrogen and oxygen atoms in total. The Morgan fingerprint density at radius 3 is 2.94 bits per heavy atom. The van der Waals surface area contributed by atoms with Gasteiger partial charge in [0.1, 0.15) is 0 Å². The Kier molecular flexibility index (Phi) is 3.63. The van der Waals surface area contributed by atoms with Crippen LogP contribution in [0.2, 0.25) is 0 Å². The average molecular weight is 246 g/mol. The smallest absolute Gasteiger partial charge is 0.0622 e. The van der Waals surface area contributed by atoms with Crippen molar-refractivity contribution >= 4 is 17.4 Å². The van der Waals surface area contributed by atoms with Gasteiger partial charge in [-0.15, -0.1) is 11.8 Å². The number of fused-ring (bicyclic) bond motifs is 1. The van der Waals surface area contributed by atoms with Crippen molar-refractivity contribution in [1.29, 1.82) is 5.26 Å². The highest BCUT2D eigenvalue weighted by Gasteiger charge is 2.24. The van der Waals surface area contributed by atoms with Gasteiger partial charge in [0.05, 0.1) is 11.8 Å². The Labute approximate surface area is 108 Å². The first-order valence-corrected chi connectivity index (χ1v) is 6.96. The lowest BCUT2D eigenvalue weighted by Crippen LogP contribution is -2.36. The molecule has 1 aliphatic rings. The minimum atomic E-state index is 0.494. The molecule has 0 aliphatic carbocycles. The Morgan fingerprint density at radius 2 is 2.24 bits per heavy atom. The third-order valence-corrected chi connectivity index (χ3v) is 4.71. The lowest BCUT2D eigenvalue weighted by molar-refractivity contribution is 0.635. The van der Waals surface area contributed by atoms with Gasteiger partial charge in [0.25, 0.3) is 0 Å². The third kappa shape index (κ3) is 2.42. The number of hydrogen-bond acceptors (Lipinski definition) is 3. The van der Waals surface area contributed by atoms with Crippen LogP contribution in [0, 0.1) is 25.2 Å². The van der Waals surface area contributed by atoms with Gasteiger partial charge < -0.3 is 4.90 Å². The zero-order chi connectivity index (χ0) is 12.4. The minimum Gasteiger partial charge on any atom is -0.370 e. The monoisotopic (exact) mass is 246 g/mol.